The van der Waals surface area contributed by atoms with Crippen LogP contribution < -0.4 is 0 Å². The predicted octanol–water partition coefficient (Wildman–Crippen LogP) is 7.65. The lowest BCUT2D eigenvalue weighted by atomic mass is 9.32. The van der Waals surface area contributed by atoms with Crippen LogP contribution in [0.25, 0.3) is 0 Å². The number of carbonyl (C=O) groups is 1. The van der Waals surface area contributed by atoms with Gasteiger partial charge < -0.3 is 9.94 Å². The van der Waals surface area contributed by atoms with Gasteiger partial charge in [-0.15, -0.1) is 0 Å². The van der Waals surface area contributed by atoms with E-state index in [-0.39, 0.29) is 33.0 Å². The number of fused-ring (bicyclic) bond motifs is 7. The highest BCUT2D eigenvalue weighted by atomic mass is 16.5. The third-order valence-electron chi connectivity index (χ3n) is 13.6. The number of hydrogen-bond acceptors (Lipinski definition) is 4. The van der Waals surface area contributed by atoms with Crippen LogP contribution in [-0.2, 0) is 9.53 Å². The molecule has 0 aromatic rings. The van der Waals surface area contributed by atoms with Crippen LogP contribution in [0.5, 0.6) is 0 Å². The zero-order valence-corrected chi connectivity index (χ0v) is 23.4. The fraction of sp³-hybridized carbons (Fsp3) is 0.871. The zero-order chi connectivity index (χ0) is 25.6. The monoisotopic (exact) mass is 483 g/mol. The van der Waals surface area contributed by atoms with E-state index in [1.54, 1.807) is 7.11 Å². The Kier molecular flexibility index (Phi) is 5.67. The average molecular weight is 484 g/mol. The summed E-state index contributed by atoms with van der Waals surface area (Å²) in [7, 11) is 1.59. The van der Waals surface area contributed by atoms with Crippen molar-refractivity contribution in [1.29, 1.82) is 0 Å². The summed E-state index contributed by atoms with van der Waals surface area (Å²) in [6, 6.07) is 0. The van der Waals surface area contributed by atoms with Crippen LogP contribution in [-0.4, -0.2) is 24.0 Å². The third-order valence-corrected chi connectivity index (χ3v) is 13.6. The van der Waals surface area contributed by atoms with Crippen molar-refractivity contribution in [2.75, 3.05) is 7.11 Å². The van der Waals surface area contributed by atoms with Gasteiger partial charge >= 0.3 is 5.97 Å². The molecule has 0 aromatic carbocycles. The highest BCUT2D eigenvalue weighted by Gasteiger charge is 2.72. The van der Waals surface area contributed by atoms with E-state index in [0.717, 1.165) is 44.2 Å². The fourth-order valence-electron chi connectivity index (χ4n) is 11.7. The second-order valence-corrected chi connectivity index (χ2v) is 14.6. The number of ether oxygens (including phenoxy) is 1. The molecule has 0 radical (unpaired) electrons. The fourth-order valence-corrected chi connectivity index (χ4v) is 11.7. The minimum atomic E-state index is -0.313. The van der Waals surface area contributed by atoms with Gasteiger partial charge in [0, 0.05) is 5.41 Å². The molecule has 9 atom stereocenters. The van der Waals surface area contributed by atoms with E-state index in [2.05, 4.69) is 53.3 Å². The largest absolute Gasteiger partial charge is 0.469 e. The van der Waals surface area contributed by atoms with Crippen molar-refractivity contribution in [2.45, 2.75) is 106 Å². The van der Waals surface area contributed by atoms with Gasteiger partial charge in [-0.25, -0.2) is 0 Å². The molecule has 4 heteroatoms. The van der Waals surface area contributed by atoms with Crippen LogP contribution in [0.2, 0.25) is 0 Å². The molecule has 0 unspecified atom stereocenters. The SMILES string of the molecule is C=C(C)[C@@H]1CC[C@]2(C(=O)OC)CC[C@]3(C)[C@H](CC[C@@H]4[C@@]5(C)CC/C(=N/O)C(C)(C)[C@@H]5CC[C@]43C)[C@@H]12. The Bertz CT molecular complexity index is 953. The second kappa shape index (κ2) is 7.84. The van der Waals surface area contributed by atoms with E-state index in [4.69, 9.17) is 4.74 Å². The highest BCUT2D eigenvalue weighted by Crippen LogP contribution is 2.77. The molecule has 0 spiro atoms. The molecular formula is C31H49NO3. The summed E-state index contributed by atoms with van der Waals surface area (Å²) in [5.41, 5.74) is 2.64. The Labute approximate surface area is 213 Å². The lowest BCUT2D eigenvalue weighted by Gasteiger charge is -2.72. The molecule has 196 valence electrons. The number of nitrogens with zero attached hydrogens (tertiary/aromatic N) is 1. The molecule has 5 fully saturated rings. The summed E-state index contributed by atoms with van der Waals surface area (Å²) in [6.45, 7) is 19.1. The van der Waals surface area contributed by atoms with Crippen molar-refractivity contribution in [3.8, 4) is 0 Å². The van der Waals surface area contributed by atoms with E-state index in [9.17, 15) is 10.0 Å². The molecule has 5 saturated carbocycles. The number of oxime groups is 1. The van der Waals surface area contributed by atoms with Gasteiger partial charge in [0.2, 0.25) is 0 Å². The van der Waals surface area contributed by atoms with Crippen LogP contribution in [0.15, 0.2) is 17.3 Å². The van der Waals surface area contributed by atoms with E-state index >= 15 is 0 Å². The maximum atomic E-state index is 13.4. The summed E-state index contributed by atoms with van der Waals surface area (Å²) < 4.78 is 5.50. The Balaban J connectivity index is 1.56. The molecule has 35 heavy (non-hydrogen) atoms. The molecule has 0 aliphatic heterocycles. The minimum absolute atomic E-state index is 0.0427. The summed E-state index contributed by atoms with van der Waals surface area (Å²) >= 11 is 0. The summed E-state index contributed by atoms with van der Waals surface area (Å²) in [5.74, 6) is 2.62. The number of methoxy groups -OCH3 is 1. The third kappa shape index (κ3) is 2.98. The Morgan fingerprint density at radius 3 is 2.29 bits per heavy atom. The average Bonchev–Trinajstić information content (AvgIpc) is 3.20. The summed E-state index contributed by atoms with van der Waals surface area (Å²) in [4.78, 5) is 13.4. The molecular weight excluding hydrogens is 434 g/mol. The molecule has 5 rings (SSSR count). The second-order valence-electron chi connectivity index (χ2n) is 14.6. The van der Waals surface area contributed by atoms with E-state index in [1.165, 1.54) is 31.3 Å². The van der Waals surface area contributed by atoms with Crippen LogP contribution in [0.3, 0.4) is 0 Å². The first kappa shape index (κ1) is 25.3. The van der Waals surface area contributed by atoms with Gasteiger partial charge in [0.25, 0.3) is 0 Å². The normalized spacial score (nSPS) is 51.5. The van der Waals surface area contributed by atoms with Crippen LogP contribution in [0.4, 0.5) is 0 Å². The lowest BCUT2D eigenvalue weighted by Crippen LogP contribution is -2.66. The zero-order valence-electron chi connectivity index (χ0n) is 23.4. The van der Waals surface area contributed by atoms with E-state index in [0.29, 0.717) is 29.6 Å². The molecule has 0 aromatic heterocycles. The van der Waals surface area contributed by atoms with Crippen molar-refractivity contribution in [2.24, 2.45) is 61.8 Å². The van der Waals surface area contributed by atoms with Gasteiger partial charge in [-0.1, -0.05) is 51.9 Å². The van der Waals surface area contributed by atoms with Crippen LogP contribution in [0, 0.1) is 56.7 Å². The van der Waals surface area contributed by atoms with Gasteiger partial charge in [0.05, 0.1) is 18.2 Å². The van der Waals surface area contributed by atoms with Crippen molar-refractivity contribution >= 4 is 11.7 Å². The van der Waals surface area contributed by atoms with Gasteiger partial charge in [-0.3, -0.25) is 4.79 Å². The molecule has 0 saturated heterocycles. The molecule has 0 heterocycles. The number of rotatable bonds is 2. The van der Waals surface area contributed by atoms with E-state index in [1.807, 2.05) is 0 Å². The molecule has 1 N–H and O–H groups in total. The number of carbonyl (C=O) groups excluding carboxylic acids is 1. The Morgan fingerprint density at radius 2 is 1.66 bits per heavy atom. The predicted molar refractivity (Wildman–Crippen MR) is 140 cm³/mol. The van der Waals surface area contributed by atoms with Gasteiger partial charge in [-0.05, 0) is 117 Å². The van der Waals surface area contributed by atoms with Crippen LogP contribution >= 0.6 is 0 Å². The summed E-state index contributed by atoms with van der Waals surface area (Å²) in [6.07, 6.45) is 11.1. The van der Waals surface area contributed by atoms with Gasteiger partial charge in [0.15, 0.2) is 0 Å². The minimum Gasteiger partial charge on any atom is -0.469 e. The maximum Gasteiger partial charge on any atom is 0.312 e. The maximum absolute atomic E-state index is 13.4. The summed E-state index contributed by atoms with van der Waals surface area (Å²) in [5, 5.41) is 13.5. The first-order chi connectivity index (χ1) is 16.3. The quantitative estimate of drug-likeness (QED) is 0.190. The Morgan fingerprint density at radius 1 is 0.943 bits per heavy atom. The molecule has 0 amide bonds. The van der Waals surface area contributed by atoms with Crippen molar-refractivity contribution in [1.82, 2.24) is 0 Å². The molecule has 4 nitrogen and oxygen atoms in total. The highest BCUT2D eigenvalue weighted by molar-refractivity contribution is 5.90. The van der Waals surface area contributed by atoms with E-state index < -0.39 is 0 Å². The topological polar surface area (TPSA) is 58.9 Å². The standard InChI is InChI=1S/C31H49NO3/c1-19(2)20-11-16-31(26(33)35-8)18-17-29(6)21(25(20)31)9-10-23-28(5)14-13-24(32-34)27(3,4)22(28)12-15-30(23,29)7/h20-23,25,34H,1,9-18H2,2-8H3/b32-24-/t20-,21+,22-,23+,25+,28-,29+,30+,31-/m0/s1. The smallest absolute Gasteiger partial charge is 0.312 e. The first-order valence-corrected chi connectivity index (χ1v) is 14.3. The first-order valence-electron chi connectivity index (χ1n) is 14.3. The lowest BCUT2D eigenvalue weighted by molar-refractivity contribution is -0.230. The molecule has 0 bridgehead atoms. The number of esters is 1. The van der Waals surface area contributed by atoms with Gasteiger partial charge in [-0.2, -0.15) is 0 Å². The van der Waals surface area contributed by atoms with Crippen molar-refractivity contribution < 1.29 is 14.7 Å². The van der Waals surface area contributed by atoms with Crippen molar-refractivity contribution in [3.63, 3.8) is 0 Å². The van der Waals surface area contributed by atoms with Crippen LogP contribution in [0.1, 0.15) is 106 Å². The van der Waals surface area contributed by atoms with Gasteiger partial charge in [0.1, 0.15) is 0 Å². The van der Waals surface area contributed by atoms with Crippen molar-refractivity contribution in [3.05, 3.63) is 12.2 Å². The Hall–Kier alpha value is -1.32. The molecule has 5 aliphatic carbocycles. The molecule has 5 aliphatic rings. The number of hydrogen-bond donors (Lipinski definition) is 1. The number of allylic oxidation sites excluding steroid dienone is 1.